The fraction of sp³-hybridized carbons (Fsp3) is 0.350. The second kappa shape index (κ2) is 8.86. The smallest absolute Gasteiger partial charge is 0.348 e. The highest BCUT2D eigenvalue weighted by molar-refractivity contribution is 7.14. The zero-order valence-corrected chi connectivity index (χ0v) is 17.3. The van der Waals surface area contributed by atoms with Crippen molar-refractivity contribution in [1.29, 1.82) is 0 Å². The average Bonchev–Trinajstić information content (AvgIpc) is 3.21. The van der Waals surface area contributed by atoms with Crippen LogP contribution in [0, 0.1) is 6.92 Å². The second-order valence-electron chi connectivity index (χ2n) is 6.53. The van der Waals surface area contributed by atoms with E-state index in [2.05, 4.69) is 16.9 Å². The summed E-state index contributed by atoms with van der Waals surface area (Å²) in [6.45, 7) is 4.20. The van der Waals surface area contributed by atoms with Crippen LogP contribution in [0.15, 0.2) is 24.3 Å². The molecule has 0 unspecified atom stereocenters. The molecule has 2 N–H and O–H groups in total. The third-order valence-electron chi connectivity index (χ3n) is 4.42. The summed E-state index contributed by atoms with van der Waals surface area (Å²) in [5, 5.41) is 20.1. The van der Waals surface area contributed by atoms with Gasteiger partial charge in [0.05, 0.1) is 23.9 Å². The molecule has 2 aromatic heterocycles. The quantitative estimate of drug-likeness (QED) is 0.559. The van der Waals surface area contributed by atoms with Crippen LogP contribution in [0.3, 0.4) is 0 Å². The number of aromatic nitrogens is 3. The summed E-state index contributed by atoms with van der Waals surface area (Å²) in [5.41, 5.74) is 2.68. The zero-order valence-electron chi connectivity index (χ0n) is 15.8. The van der Waals surface area contributed by atoms with E-state index in [9.17, 15) is 15.0 Å². The predicted octanol–water partition coefficient (Wildman–Crippen LogP) is 4.55. The Morgan fingerprint density at radius 3 is 2.79 bits per heavy atom. The molecular weight excluding hydrogens is 398 g/mol. The first-order valence-electron chi connectivity index (χ1n) is 9.09. The molecule has 3 rings (SSSR count). The lowest BCUT2D eigenvalue weighted by atomic mass is 10.1. The maximum absolute atomic E-state index is 11.5. The molecule has 3 aromatic rings. The largest absolute Gasteiger partial charge is 0.477 e. The van der Waals surface area contributed by atoms with E-state index in [1.165, 1.54) is 11.3 Å². The molecule has 0 aliphatic carbocycles. The number of benzene rings is 1. The van der Waals surface area contributed by atoms with Gasteiger partial charge in [-0.25, -0.2) is 14.8 Å². The molecule has 0 atom stereocenters. The fourth-order valence-corrected chi connectivity index (χ4v) is 4.12. The van der Waals surface area contributed by atoms with Gasteiger partial charge in [-0.05, 0) is 25.0 Å². The minimum atomic E-state index is -0.974. The van der Waals surface area contributed by atoms with Gasteiger partial charge in [0.2, 0.25) is 0 Å². The molecule has 0 fully saturated rings. The lowest BCUT2D eigenvalue weighted by molar-refractivity contribution is 0.0702. The summed E-state index contributed by atoms with van der Waals surface area (Å²) >= 11 is 7.61. The number of carboxylic acid groups (broad SMARTS) is 1. The highest BCUT2D eigenvalue weighted by atomic mass is 35.5. The van der Waals surface area contributed by atoms with Crippen LogP contribution in [0.25, 0.3) is 11.3 Å². The van der Waals surface area contributed by atoms with E-state index in [0.29, 0.717) is 28.1 Å². The Bertz CT molecular complexity index is 997. The van der Waals surface area contributed by atoms with E-state index in [4.69, 9.17) is 11.6 Å². The lowest BCUT2D eigenvalue weighted by Crippen LogP contribution is -2.06. The minimum Gasteiger partial charge on any atom is -0.477 e. The summed E-state index contributed by atoms with van der Waals surface area (Å²) in [4.78, 5) is 20.6. The van der Waals surface area contributed by atoms with Crippen molar-refractivity contribution >= 4 is 28.9 Å². The van der Waals surface area contributed by atoms with Crippen LogP contribution in [0.5, 0.6) is 0 Å². The number of thiazole rings is 1. The monoisotopic (exact) mass is 419 g/mol. The van der Waals surface area contributed by atoms with Gasteiger partial charge in [-0.2, -0.15) is 0 Å². The van der Waals surface area contributed by atoms with E-state index in [1.54, 1.807) is 6.92 Å². The second-order valence-corrected chi connectivity index (χ2v) is 8.09. The number of hydrogen-bond acceptors (Lipinski definition) is 5. The first kappa shape index (κ1) is 20.5. The Hall–Kier alpha value is -2.22. The summed E-state index contributed by atoms with van der Waals surface area (Å²) < 4.78 is 1.91. The van der Waals surface area contributed by atoms with E-state index in [1.807, 2.05) is 28.8 Å². The third-order valence-corrected chi connectivity index (χ3v) is 5.80. The number of imidazole rings is 1. The van der Waals surface area contributed by atoms with Gasteiger partial charge < -0.3 is 14.8 Å². The molecule has 0 aliphatic heterocycles. The van der Waals surface area contributed by atoms with E-state index in [-0.39, 0.29) is 11.5 Å². The highest BCUT2D eigenvalue weighted by Crippen LogP contribution is 2.29. The molecule has 0 spiro atoms. The van der Waals surface area contributed by atoms with Crippen molar-refractivity contribution in [1.82, 2.24) is 14.5 Å². The van der Waals surface area contributed by atoms with E-state index < -0.39 is 5.97 Å². The van der Waals surface area contributed by atoms with Gasteiger partial charge in [-0.1, -0.05) is 43.1 Å². The number of halogens is 1. The van der Waals surface area contributed by atoms with Gasteiger partial charge in [0.1, 0.15) is 21.5 Å². The van der Waals surface area contributed by atoms with Crippen LogP contribution >= 0.6 is 22.9 Å². The normalized spacial score (nSPS) is 11.1. The zero-order chi connectivity index (χ0) is 20.3. The van der Waals surface area contributed by atoms with Crippen LogP contribution in [-0.2, 0) is 19.6 Å². The molecule has 6 nitrogen and oxygen atoms in total. The topological polar surface area (TPSA) is 88.2 Å². The van der Waals surface area contributed by atoms with Gasteiger partial charge in [0.25, 0.3) is 0 Å². The first-order valence-corrected chi connectivity index (χ1v) is 10.3. The third kappa shape index (κ3) is 4.27. The maximum atomic E-state index is 11.5. The molecule has 28 heavy (non-hydrogen) atoms. The lowest BCUT2D eigenvalue weighted by Gasteiger charge is -2.10. The number of aryl methyl sites for hydroxylation is 2. The molecule has 2 heterocycles. The van der Waals surface area contributed by atoms with Crippen LogP contribution in [-0.4, -0.2) is 30.7 Å². The number of unbranched alkanes of at least 4 members (excludes halogenated alkanes) is 1. The molecule has 148 valence electrons. The van der Waals surface area contributed by atoms with Crippen molar-refractivity contribution in [3.63, 3.8) is 0 Å². The molecule has 0 radical (unpaired) electrons. The van der Waals surface area contributed by atoms with Crippen LogP contribution in [0.4, 0.5) is 0 Å². The van der Waals surface area contributed by atoms with Crippen molar-refractivity contribution in [2.75, 3.05) is 0 Å². The fourth-order valence-electron chi connectivity index (χ4n) is 3.09. The van der Waals surface area contributed by atoms with Crippen molar-refractivity contribution < 1.29 is 15.0 Å². The van der Waals surface area contributed by atoms with Crippen LogP contribution in [0.1, 0.15) is 51.5 Å². The Labute approximate surface area is 172 Å². The first-order chi connectivity index (χ1) is 13.4. The van der Waals surface area contributed by atoms with Gasteiger partial charge in [-0.3, -0.25) is 0 Å². The number of aliphatic hydroxyl groups is 1. The summed E-state index contributed by atoms with van der Waals surface area (Å²) in [6.07, 6.45) is 2.80. The molecule has 0 aliphatic rings. The molecule has 0 saturated heterocycles. The molecule has 0 amide bonds. The Morgan fingerprint density at radius 2 is 2.11 bits per heavy atom. The Morgan fingerprint density at radius 1 is 1.32 bits per heavy atom. The summed E-state index contributed by atoms with van der Waals surface area (Å²) in [5.74, 6) is -0.130. The van der Waals surface area contributed by atoms with Crippen LogP contribution in [0.2, 0.25) is 5.15 Å². The van der Waals surface area contributed by atoms with Crippen molar-refractivity contribution in [2.24, 2.45) is 0 Å². The number of rotatable bonds is 8. The molecule has 8 heteroatoms. The van der Waals surface area contributed by atoms with Gasteiger partial charge in [-0.15, -0.1) is 11.3 Å². The number of carboxylic acids is 1. The van der Waals surface area contributed by atoms with Crippen molar-refractivity contribution in [3.8, 4) is 11.3 Å². The standard InChI is InChI=1S/C20H22ClN3O3S/c1-3-4-8-16-23-15(11-25)19(21)24(16)10-13-6-5-7-14(9-13)17-18(20(26)27)28-12(2)22-17/h5-7,9,25H,3-4,8,10-11H2,1-2H3,(H,26,27). The molecular formula is C20H22ClN3O3S. The van der Waals surface area contributed by atoms with Crippen LogP contribution < -0.4 is 0 Å². The Balaban J connectivity index is 1.96. The number of aliphatic hydroxyl groups excluding tert-OH is 1. The average molecular weight is 420 g/mol. The number of aromatic carboxylic acids is 1. The van der Waals surface area contributed by atoms with E-state index >= 15 is 0 Å². The summed E-state index contributed by atoms with van der Waals surface area (Å²) in [6, 6.07) is 7.63. The molecule has 0 bridgehead atoms. The van der Waals surface area contributed by atoms with Gasteiger partial charge >= 0.3 is 5.97 Å². The van der Waals surface area contributed by atoms with Gasteiger partial charge in [0.15, 0.2) is 0 Å². The maximum Gasteiger partial charge on any atom is 0.348 e. The molecule has 1 aromatic carbocycles. The molecule has 0 saturated carbocycles. The SMILES string of the molecule is CCCCc1nc(CO)c(Cl)n1Cc1cccc(-c2nc(C)sc2C(=O)O)c1. The van der Waals surface area contributed by atoms with E-state index in [0.717, 1.165) is 36.2 Å². The van der Waals surface area contributed by atoms with Gasteiger partial charge in [0, 0.05) is 12.0 Å². The highest BCUT2D eigenvalue weighted by Gasteiger charge is 2.19. The predicted molar refractivity (Wildman–Crippen MR) is 110 cm³/mol. The van der Waals surface area contributed by atoms with Crippen molar-refractivity contribution in [2.45, 2.75) is 46.3 Å². The number of carbonyl (C=O) groups is 1. The van der Waals surface area contributed by atoms with Crippen molar-refractivity contribution in [3.05, 3.63) is 56.4 Å². The number of nitrogens with zero attached hydrogens (tertiary/aromatic N) is 3. The number of hydrogen-bond donors (Lipinski definition) is 2. The Kier molecular flexibility index (Phi) is 6.49. The summed E-state index contributed by atoms with van der Waals surface area (Å²) in [7, 11) is 0. The minimum absolute atomic E-state index is 0.203.